The van der Waals surface area contributed by atoms with Crippen LogP contribution in [0.4, 0.5) is 0 Å². The lowest BCUT2D eigenvalue weighted by Crippen LogP contribution is -2.24. The highest BCUT2D eigenvalue weighted by Gasteiger charge is 2.23. The maximum absolute atomic E-state index is 6.37. The molecule has 0 spiro atoms. The van der Waals surface area contributed by atoms with E-state index in [9.17, 15) is 0 Å². The number of aryl methyl sites for hydroxylation is 3. The first-order valence-corrected chi connectivity index (χ1v) is 8.24. The minimum absolute atomic E-state index is 0.379. The van der Waals surface area contributed by atoms with Crippen LogP contribution in [0.3, 0.4) is 0 Å². The van der Waals surface area contributed by atoms with Crippen LogP contribution < -0.4 is 5.32 Å². The Kier molecular flexibility index (Phi) is 5.14. The minimum Gasteiger partial charge on any atom is -0.314 e. The first-order valence-electron chi connectivity index (χ1n) is 7.86. The van der Waals surface area contributed by atoms with Crippen molar-refractivity contribution in [2.24, 2.45) is 5.41 Å². The Hall–Kier alpha value is -0.530. The highest BCUT2D eigenvalue weighted by molar-refractivity contribution is 6.31. The molecule has 0 heterocycles. The van der Waals surface area contributed by atoms with Crippen LogP contribution in [0.2, 0.25) is 5.02 Å². The van der Waals surface area contributed by atoms with Gasteiger partial charge in [0.2, 0.25) is 0 Å². The van der Waals surface area contributed by atoms with Crippen molar-refractivity contribution in [3.8, 4) is 0 Å². The van der Waals surface area contributed by atoms with Crippen molar-refractivity contribution >= 4 is 11.6 Å². The van der Waals surface area contributed by atoms with E-state index in [0.29, 0.717) is 5.41 Å². The normalized spacial score (nSPS) is 15.7. The lowest BCUT2D eigenvalue weighted by Gasteiger charge is -2.25. The smallest absolute Gasteiger partial charge is 0.0440 e. The first kappa shape index (κ1) is 15.9. The predicted molar refractivity (Wildman–Crippen MR) is 88.7 cm³/mol. The molecule has 20 heavy (non-hydrogen) atoms. The van der Waals surface area contributed by atoms with Gasteiger partial charge in [-0.1, -0.05) is 31.5 Å². The molecular formula is C18H28ClN. The lowest BCUT2D eigenvalue weighted by atomic mass is 9.83. The van der Waals surface area contributed by atoms with Gasteiger partial charge in [0, 0.05) is 11.1 Å². The van der Waals surface area contributed by atoms with Crippen molar-refractivity contribution in [2.45, 2.75) is 65.8 Å². The van der Waals surface area contributed by atoms with Crippen LogP contribution in [-0.4, -0.2) is 12.6 Å². The van der Waals surface area contributed by atoms with Gasteiger partial charge in [-0.15, -0.1) is 0 Å². The zero-order chi connectivity index (χ0) is 14.8. The van der Waals surface area contributed by atoms with Crippen molar-refractivity contribution in [1.29, 1.82) is 0 Å². The summed E-state index contributed by atoms with van der Waals surface area (Å²) < 4.78 is 0. The van der Waals surface area contributed by atoms with Crippen LogP contribution in [0.15, 0.2) is 12.1 Å². The Labute approximate surface area is 129 Å². The van der Waals surface area contributed by atoms with Crippen LogP contribution in [0.5, 0.6) is 0 Å². The largest absolute Gasteiger partial charge is 0.314 e. The highest BCUT2D eigenvalue weighted by atomic mass is 35.5. The molecule has 112 valence electrons. The molecule has 1 N–H and O–H groups in total. The number of nitrogens with one attached hydrogen (secondary N) is 1. The molecule has 0 aromatic heterocycles. The number of halogens is 1. The van der Waals surface area contributed by atoms with Gasteiger partial charge in [0.25, 0.3) is 0 Å². The van der Waals surface area contributed by atoms with Crippen molar-refractivity contribution in [3.05, 3.63) is 33.8 Å². The van der Waals surface area contributed by atoms with E-state index in [1.54, 1.807) is 0 Å². The fourth-order valence-electron chi connectivity index (χ4n) is 2.53. The standard InChI is InChI=1S/C18H28ClN/c1-13-11-15(17(19)12-14(13)2)7-8-18(3,4)9-10-20-16-5-6-16/h11-12,16,20H,5-10H2,1-4H3. The van der Waals surface area contributed by atoms with E-state index in [2.05, 4.69) is 45.1 Å². The lowest BCUT2D eigenvalue weighted by molar-refractivity contribution is 0.302. The van der Waals surface area contributed by atoms with Crippen LogP contribution in [0.1, 0.15) is 56.2 Å². The molecule has 0 amide bonds. The Morgan fingerprint density at radius 3 is 2.45 bits per heavy atom. The molecule has 1 aliphatic carbocycles. The molecular weight excluding hydrogens is 266 g/mol. The molecule has 0 unspecified atom stereocenters. The molecule has 1 aromatic rings. The summed E-state index contributed by atoms with van der Waals surface area (Å²) in [7, 11) is 0. The van der Waals surface area contributed by atoms with Gasteiger partial charge >= 0.3 is 0 Å². The number of rotatable bonds is 7. The minimum atomic E-state index is 0.379. The van der Waals surface area contributed by atoms with E-state index in [1.165, 1.54) is 42.4 Å². The van der Waals surface area contributed by atoms with Crippen LogP contribution in [0.25, 0.3) is 0 Å². The first-order chi connectivity index (χ1) is 9.37. The Morgan fingerprint density at radius 1 is 1.15 bits per heavy atom. The molecule has 0 atom stereocenters. The van der Waals surface area contributed by atoms with Crippen molar-refractivity contribution < 1.29 is 0 Å². The summed E-state index contributed by atoms with van der Waals surface area (Å²) in [5.74, 6) is 0. The van der Waals surface area contributed by atoms with Crippen molar-refractivity contribution in [3.63, 3.8) is 0 Å². The van der Waals surface area contributed by atoms with Crippen molar-refractivity contribution in [1.82, 2.24) is 5.32 Å². The summed E-state index contributed by atoms with van der Waals surface area (Å²) in [4.78, 5) is 0. The molecule has 1 aliphatic rings. The van der Waals surface area contributed by atoms with E-state index < -0.39 is 0 Å². The maximum atomic E-state index is 6.37. The summed E-state index contributed by atoms with van der Waals surface area (Å²) in [6.07, 6.45) is 6.27. The zero-order valence-electron chi connectivity index (χ0n) is 13.4. The fourth-order valence-corrected chi connectivity index (χ4v) is 2.85. The second kappa shape index (κ2) is 6.49. The molecule has 1 saturated carbocycles. The van der Waals surface area contributed by atoms with Crippen LogP contribution in [0, 0.1) is 19.3 Å². The van der Waals surface area contributed by atoms with Gasteiger partial charge in [0.05, 0.1) is 0 Å². The zero-order valence-corrected chi connectivity index (χ0v) is 14.1. The average Bonchev–Trinajstić information content (AvgIpc) is 3.16. The van der Waals surface area contributed by atoms with Gasteiger partial charge in [-0.3, -0.25) is 0 Å². The third kappa shape index (κ3) is 4.79. The molecule has 0 aliphatic heterocycles. The van der Waals surface area contributed by atoms with E-state index in [4.69, 9.17) is 11.6 Å². The van der Waals surface area contributed by atoms with E-state index in [0.717, 1.165) is 24.0 Å². The Bertz CT molecular complexity index is 461. The van der Waals surface area contributed by atoms with E-state index in [1.807, 2.05) is 0 Å². The molecule has 0 saturated heterocycles. The monoisotopic (exact) mass is 293 g/mol. The Morgan fingerprint density at radius 2 is 1.80 bits per heavy atom. The maximum Gasteiger partial charge on any atom is 0.0440 e. The number of hydrogen-bond acceptors (Lipinski definition) is 1. The van der Waals surface area contributed by atoms with Gasteiger partial charge in [0.1, 0.15) is 0 Å². The SMILES string of the molecule is Cc1cc(Cl)c(CCC(C)(C)CCNC2CC2)cc1C. The fraction of sp³-hybridized carbons (Fsp3) is 0.667. The van der Waals surface area contributed by atoms with Crippen molar-refractivity contribution in [2.75, 3.05) is 6.54 Å². The second-order valence-corrected chi connectivity index (χ2v) is 7.58. The average molecular weight is 294 g/mol. The van der Waals surface area contributed by atoms with E-state index >= 15 is 0 Å². The van der Waals surface area contributed by atoms with Crippen LogP contribution >= 0.6 is 11.6 Å². The number of hydrogen-bond donors (Lipinski definition) is 1. The predicted octanol–water partition coefficient (Wildman–Crippen LogP) is 5.06. The summed E-state index contributed by atoms with van der Waals surface area (Å²) in [6, 6.07) is 5.18. The quantitative estimate of drug-likeness (QED) is 0.741. The molecule has 0 bridgehead atoms. The summed E-state index contributed by atoms with van der Waals surface area (Å²) in [6.45, 7) is 10.2. The summed E-state index contributed by atoms with van der Waals surface area (Å²) in [5, 5.41) is 4.54. The third-order valence-corrected chi connectivity index (χ3v) is 4.90. The highest BCUT2D eigenvalue weighted by Crippen LogP contribution is 2.30. The topological polar surface area (TPSA) is 12.0 Å². The molecule has 2 heteroatoms. The summed E-state index contributed by atoms with van der Waals surface area (Å²) in [5.41, 5.74) is 4.31. The van der Waals surface area contributed by atoms with Gasteiger partial charge in [-0.2, -0.15) is 0 Å². The number of benzene rings is 1. The van der Waals surface area contributed by atoms with Gasteiger partial charge < -0.3 is 5.32 Å². The molecule has 2 rings (SSSR count). The molecule has 0 radical (unpaired) electrons. The van der Waals surface area contributed by atoms with Crippen LogP contribution in [-0.2, 0) is 6.42 Å². The third-order valence-electron chi connectivity index (χ3n) is 4.55. The Balaban J connectivity index is 1.84. The van der Waals surface area contributed by atoms with Gasteiger partial charge in [-0.25, -0.2) is 0 Å². The van der Waals surface area contributed by atoms with Gasteiger partial charge in [0.15, 0.2) is 0 Å². The molecule has 1 fully saturated rings. The second-order valence-electron chi connectivity index (χ2n) is 7.17. The van der Waals surface area contributed by atoms with Gasteiger partial charge in [-0.05, 0) is 80.7 Å². The molecule has 1 nitrogen and oxygen atoms in total. The summed E-state index contributed by atoms with van der Waals surface area (Å²) >= 11 is 6.37. The molecule has 1 aromatic carbocycles. The van der Waals surface area contributed by atoms with E-state index in [-0.39, 0.29) is 0 Å².